The van der Waals surface area contributed by atoms with Crippen LogP contribution >= 0.6 is 36.2 Å². The maximum absolute atomic E-state index is 13.1. The molecule has 0 spiro atoms. The molecule has 12 heteroatoms. The Morgan fingerprint density at radius 2 is 2.03 bits per heavy atom. The number of amides is 1. The van der Waals surface area contributed by atoms with Crippen molar-refractivity contribution in [1.29, 1.82) is 0 Å². The molecular formula is C21H30Cl2N4O4S2. The lowest BCUT2D eigenvalue weighted by Gasteiger charge is -2.30. The number of hydrogen-bond donors (Lipinski definition) is 3. The number of aliphatic hydroxyl groups excluding tert-OH is 1. The average Bonchev–Trinajstić information content (AvgIpc) is 3.39. The number of aryl methyl sites for hydroxylation is 1. The Balaban J connectivity index is 0.00000193. The third-order valence-corrected chi connectivity index (χ3v) is 9.24. The van der Waals surface area contributed by atoms with Crippen LogP contribution in [0.25, 0.3) is 10.4 Å². The Morgan fingerprint density at radius 1 is 1.30 bits per heavy atom. The fourth-order valence-electron chi connectivity index (χ4n) is 4.23. The summed E-state index contributed by atoms with van der Waals surface area (Å²) in [5.74, 6) is -0.369. The minimum atomic E-state index is -3.66. The summed E-state index contributed by atoms with van der Waals surface area (Å²) in [7, 11) is -3.66. The fraction of sp³-hybridized carbons (Fsp3) is 0.524. The molecule has 8 nitrogen and oxygen atoms in total. The molecule has 3 atom stereocenters. The molecule has 0 radical (unpaired) electrons. The van der Waals surface area contributed by atoms with E-state index in [2.05, 4.69) is 15.6 Å². The molecule has 2 saturated heterocycles. The molecule has 33 heavy (non-hydrogen) atoms. The molecule has 1 aromatic heterocycles. The van der Waals surface area contributed by atoms with Crippen LogP contribution in [0.2, 0.25) is 0 Å². The van der Waals surface area contributed by atoms with Gasteiger partial charge in [0.25, 0.3) is 0 Å². The highest BCUT2D eigenvalue weighted by Crippen LogP contribution is 2.28. The third kappa shape index (κ3) is 6.25. The zero-order chi connectivity index (χ0) is 22.0. The number of carbonyl (C=O) groups is 1. The van der Waals surface area contributed by atoms with Crippen molar-refractivity contribution in [2.75, 3.05) is 19.6 Å². The van der Waals surface area contributed by atoms with Gasteiger partial charge in [0.05, 0.1) is 27.4 Å². The summed E-state index contributed by atoms with van der Waals surface area (Å²) in [5, 5.41) is 15.5. The number of aliphatic hydroxyl groups is 1. The second kappa shape index (κ2) is 11.9. The quantitative estimate of drug-likeness (QED) is 0.521. The van der Waals surface area contributed by atoms with Crippen molar-refractivity contribution < 1.29 is 18.3 Å². The Hall–Kier alpha value is -1.27. The van der Waals surface area contributed by atoms with Crippen molar-refractivity contribution in [3.05, 3.63) is 41.0 Å². The number of nitrogens with zero attached hydrogens (tertiary/aromatic N) is 2. The lowest BCUT2D eigenvalue weighted by atomic mass is 10.1. The van der Waals surface area contributed by atoms with Crippen LogP contribution in [0.3, 0.4) is 0 Å². The molecule has 2 aromatic rings. The van der Waals surface area contributed by atoms with Gasteiger partial charge in [0.1, 0.15) is 6.04 Å². The molecule has 4 rings (SSSR count). The molecule has 3 N–H and O–H groups in total. The summed E-state index contributed by atoms with van der Waals surface area (Å²) >= 11 is 1.59. The Kier molecular flexibility index (Phi) is 10.1. The minimum Gasteiger partial charge on any atom is -0.392 e. The highest BCUT2D eigenvalue weighted by Gasteiger charge is 2.45. The van der Waals surface area contributed by atoms with Gasteiger partial charge in [0.2, 0.25) is 15.9 Å². The van der Waals surface area contributed by atoms with Gasteiger partial charge >= 0.3 is 0 Å². The van der Waals surface area contributed by atoms with Crippen molar-refractivity contribution in [2.24, 2.45) is 0 Å². The van der Waals surface area contributed by atoms with Crippen LogP contribution in [0.15, 0.2) is 29.8 Å². The first kappa shape index (κ1) is 28.0. The van der Waals surface area contributed by atoms with E-state index in [4.69, 9.17) is 0 Å². The first-order valence-electron chi connectivity index (χ1n) is 10.5. The number of β-amino-alcohol motifs (C(OH)–C–C–N with tert-alkyl or cyclic N) is 1. The van der Waals surface area contributed by atoms with Crippen LogP contribution in [0.5, 0.6) is 0 Å². The molecule has 2 fully saturated rings. The smallest absolute Gasteiger partial charge is 0.238 e. The van der Waals surface area contributed by atoms with Gasteiger partial charge in [-0.3, -0.25) is 4.79 Å². The molecule has 1 amide bonds. The van der Waals surface area contributed by atoms with Crippen molar-refractivity contribution in [3.63, 3.8) is 0 Å². The topological polar surface area (TPSA) is 112 Å². The number of carbonyl (C=O) groups excluding carboxylic acids is 1. The van der Waals surface area contributed by atoms with E-state index in [0.29, 0.717) is 19.5 Å². The van der Waals surface area contributed by atoms with Crippen molar-refractivity contribution >= 4 is 52.1 Å². The van der Waals surface area contributed by atoms with Crippen LogP contribution in [0.1, 0.15) is 30.5 Å². The van der Waals surface area contributed by atoms with Gasteiger partial charge in [-0.05, 0) is 37.4 Å². The number of benzene rings is 1. The monoisotopic (exact) mass is 536 g/mol. The van der Waals surface area contributed by atoms with Crippen LogP contribution < -0.4 is 10.6 Å². The van der Waals surface area contributed by atoms with Gasteiger partial charge in [-0.15, -0.1) is 36.2 Å². The lowest BCUT2D eigenvalue weighted by molar-refractivity contribution is -0.124. The number of halogens is 2. The number of hydrogen-bond acceptors (Lipinski definition) is 7. The molecule has 184 valence electrons. The first-order chi connectivity index (χ1) is 14.9. The molecule has 1 unspecified atom stereocenters. The highest BCUT2D eigenvalue weighted by molar-refractivity contribution is 7.89. The second-order valence-electron chi connectivity index (χ2n) is 8.17. The third-order valence-electron chi connectivity index (χ3n) is 5.96. The fourth-order valence-corrected chi connectivity index (χ4v) is 7.13. The normalized spacial score (nSPS) is 23.4. The van der Waals surface area contributed by atoms with E-state index < -0.39 is 27.4 Å². The van der Waals surface area contributed by atoms with Crippen LogP contribution in [-0.2, 0) is 21.4 Å². The Labute approximate surface area is 211 Å². The van der Waals surface area contributed by atoms with E-state index in [0.717, 1.165) is 34.7 Å². The van der Waals surface area contributed by atoms with Gasteiger partial charge < -0.3 is 15.7 Å². The van der Waals surface area contributed by atoms with E-state index in [-0.39, 0.29) is 43.7 Å². The van der Waals surface area contributed by atoms with E-state index in [1.807, 2.05) is 36.7 Å². The number of rotatable bonds is 6. The zero-order valence-electron chi connectivity index (χ0n) is 18.3. The molecule has 0 saturated carbocycles. The molecular weight excluding hydrogens is 507 g/mol. The molecule has 2 aliphatic rings. The van der Waals surface area contributed by atoms with Gasteiger partial charge in [-0.25, -0.2) is 13.4 Å². The first-order valence-corrected chi connectivity index (χ1v) is 12.9. The number of thiazole rings is 1. The predicted molar refractivity (Wildman–Crippen MR) is 135 cm³/mol. The zero-order valence-corrected chi connectivity index (χ0v) is 21.5. The van der Waals surface area contributed by atoms with Crippen LogP contribution in [0, 0.1) is 6.92 Å². The van der Waals surface area contributed by atoms with Crippen LogP contribution in [0.4, 0.5) is 0 Å². The van der Waals surface area contributed by atoms with E-state index in [1.165, 1.54) is 4.31 Å². The summed E-state index contributed by atoms with van der Waals surface area (Å²) in [6.45, 7) is 3.43. The minimum absolute atomic E-state index is 0. The number of sulfonamides is 1. The maximum Gasteiger partial charge on any atom is 0.238 e. The molecule has 2 aliphatic heterocycles. The average molecular weight is 538 g/mol. The number of aromatic nitrogens is 1. The molecule has 1 aromatic carbocycles. The lowest BCUT2D eigenvalue weighted by Crippen LogP contribution is -2.51. The van der Waals surface area contributed by atoms with Gasteiger partial charge in [0.15, 0.2) is 0 Å². The van der Waals surface area contributed by atoms with E-state index in [9.17, 15) is 18.3 Å². The maximum atomic E-state index is 13.1. The van der Waals surface area contributed by atoms with Crippen molar-refractivity contribution in [1.82, 2.24) is 19.9 Å². The van der Waals surface area contributed by atoms with Crippen LogP contribution in [-0.4, -0.2) is 65.8 Å². The predicted octanol–water partition coefficient (Wildman–Crippen LogP) is 2.10. The summed E-state index contributed by atoms with van der Waals surface area (Å²) in [6, 6.07) is 7.00. The number of piperidine rings is 1. The standard InChI is InChI=1S/C21H28N4O4S2.2ClH/c1-14-20(30-13-24-14)16-6-4-15(5-7-16)10-23-21(27)19-9-17(26)12-25(19)31(28,29)18-3-2-8-22-11-18;;/h4-7,13,17-19,22,26H,2-3,8-12H2,1H3,(H,23,27);2*1H/t17-,18?,19+;;/m1../s1. The SMILES string of the molecule is Cc1ncsc1-c1ccc(CNC(=O)[C@@H]2C[C@@H](O)CN2S(=O)(=O)C2CCCNC2)cc1.Cl.Cl. The highest BCUT2D eigenvalue weighted by atomic mass is 35.5. The largest absolute Gasteiger partial charge is 0.392 e. The van der Waals surface area contributed by atoms with E-state index in [1.54, 1.807) is 11.3 Å². The van der Waals surface area contributed by atoms with Gasteiger partial charge in [0, 0.05) is 26.1 Å². The molecule has 3 heterocycles. The second-order valence-corrected chi connectivity index (χ2v) is 11.2. The Morgan fingerprint density at radius 3 is 2.64 bits per heavy atom. The summed E-state index contributed by atoms with van der Waals surface area (Å²) in [4.78, 5) is 18.2. The number of nitrogens with one attached hydrogen (secondary N) is 2. The van der Waals surface area contributed by atoms with Crippen molar-refractivity contribution in [3.8, 4) is 10.4 Å². The summed E-state index contributed by atoms with van der Waals surface area (Å²) in [6.07, 6.45) is 0.647. The molecule has 0 aliphatic carbocycles. The van der Waals surface area contributed by atoms with Gasteiger partial charge in [-0.2, -0.15) is 4.31 Å². The van der Waals surface area contributed by atoms with Crippen molar-refractivity contribution in [2.45, 2.75) is 50.1 Å². The summed E-state index contributed by atoms with van der Waals surface area (Å²) in [5.41, 5.74) is 4.80. The summed E-state index contributed by atoms with van der Waals surface area (Å²) < 4.78 is 27.4. The van der Waals surface area contributed by atoms with E-state index >= 15 is 0 Å². The Bertz CT molecular complexity index is 1030. The molecule has 0 bridgehead atoms. The van der Waals surface area contributed by atoms with Gasteiger partial charge in [-0.1, -0.05) is 24.3 Å².